The van der Waals surface area contributed by atoms with Crippen LogP contribution in [0.1, 0.15) is 0 Å². The molecule has 1 aliphatic rings. The first-order valence-electron chi connectivity index (χ1n) is 9.24. The molecule has 29 heavy (non-hydrogen) atoms. The Hall–Kier alpha value is -1.97. The van der Waals surface area contributed by atoms with Crippen molar-refractivity contribution in [2.75, 3.05) is 0 Å². The molecule has 0 spiro atoms. The van der Waals surface area contributed by atoms with Gasteiger partial charge in [0.1, 0.15) is 0 Å². The van der Waals surface area contributed by atoms with Crippen LogP contribution in [0.4, 0.5) is 0 Å². The van der Waals surface area contributed by atoms with Crippen LogP contribution in [-0.4, -0.2) is 0 Å². The van der Waals surface area contributed by atoms with Crippen molar-refractivity contribution < 1.29 is 4.57 Å². The third-order valence-electron chi connectivity index (χ3n) is 5.51. The van der Waals surface area contributed by atoms with E-state index in [0.717, 1.165) is 36.0 Å². The molecule has 1 aliphatic heterocycles. The van der Waals surface area contributed by atoms with Crippen molar-refractivity contribution in [3.63, 3.8) is 0 Å². The van der Waals surface area contributed by atoms with E-state index in [2.05, 4.69) is 63.8 Å². The van der Waals surface area contributed by atoms with Gasteiger partial charge in [-0.1, -0.05) is 72.8 Å². The molecule has 0 saturated carbocycles. The molecule has 0 amide bonds. The minimum atomic E-state index is -3.01. The average Bonchev–Trinajstić information content (AvgIpc) is 3.41. The van der Waals surface area contributed by atoms with Crippen LogP contribution in [0, 0.1) is 0 Å². The lowest BCUT2D eigenvalue weighted by Crippen LogP contribution is -2.29. The summed E-state index contributed by atoms with van der Waals surface area (Å²) in [4.78, 5) is 2.41. The Morgan fingerprint density at radius 1 is 0.828 bits per heavy atom. The number of hydrogen-bond acceptors (Lipinski definition) is 3. The summed E-state index contributed by atoms with van der Waals surface area (Å²) in [5.41, 5.74) is 2.31. The van der Waals surface area contributed by atoms with Gasteiger partial charge in [-0.05, 0) is 38.3 Å². The zero-order valence-corrected chi connectivity index (χ0v) is 19.2. The van der Waals surface area contributed by atoms with Crippen LogP contribution in [0.25, 0.3) is 31.7 Å². The van der Waals surface area contributed by atoms with E-state index in [9.17, 15) is 0 Å². The lowest BCUT2D eigenvalue weighted by molar-refractivity contribution is 0.592. The summed E-state index contributed by atoms with van der Waals surface area (Å²) in [7, 11) is -3.01. The maximum absolute atomic E-state index is 15.1. The molecule has 6 rings (SSSR count). The lowest BCUT2D eigenvalue weighted by atomic mass is 9.97. The maximum atomic E-state index is 15.1. The van der Waals surface area contributed by atoms with E-state index in [1.807, 2.05) is 36.4 Å². The minimum absolute atomic E-state index is 0.888. The van der Waals surface area contributed by atoms with Gasteiger partial charge < -0.3 is 4.57 Å². The second kappa shape index (κ2) is 6.52. The van der Waals surface area contributed by atoms with Crippen LogP contribution in [0.2, 0.25) is 0 Å². The molecule has 0 fully saturated rings. The van der Waals surface area contributed by atoms with Gasteiger partial charge in [-0.25, -0.2) is 0 Å². The summed E-state index contributed by atoms with van der Waals surface area (Å²) in [5.74, 6) is 0. The minimum Gasteiger partial charge on any atom is -0.309 e. The van der Waals surface area contributed by atoms with Gasteiger partial charge in [0.25, 0.3) is 0 Å². The summed E-state index contributed by atoms with van der Waals surface area (Å²) in [6.07, 6.45) is 0. The van der Waals surface area contributed by atoms with Gasteiger partial charge in [-0.2, -0.15) is 0 Å². The molecule has 0 bridgehead atoms. The third kappa shape index (κ3) is 2.41. The Morgan fingerprint density at radius 3 is 2.38 bits per heavy atom. The Balaban J connectivity index is 1.85. The molecule has 0 saturated heterocycles. The van der Waals surface area contributed by atoms with E-state index in [4.69, 9.17) is 0 Å². The van der Waals surface area contributed by atoms with E-state index < -0.39 is 7.14 Å². The topological polar surface area (TPSA) is 17.1 Å². The van der Waals surface area contributed by atoms with E-state index in [1.54, 1.807) is 22.7 Å². The van der Waals surface area contributed by atoms with Gasteiger partial charge in [-0.15, -0.1) is 22.7 Å². The van der Waals surface area contributed by atoms with Crippen LogP contribution in [0.3, 0.4) is 0 Å². The fraction of sp³-hybridized carbons (Fsp3) is 0. The highest BCUT2D eigenvalue weighted by Gasteiger charge is 2.42. The molecule has 1 unspecified atom stereocenters. The van der Waals surface area contributed by atoms with Gasteiger partial charge >= 0.3 is 0 Å². The second-order valence-corrected chi connectivity index (χ2v) is 13.0. The van der Waals surface area contributed by atoms with Gasteiger partial charge in [-0.3, -0.25) is 0 Å². The zero-order chi connectivity index (χ0) is 19.6. The monoisotopic (exact) mass is 492 g/mol. The zero-order valence-electron chi connectivity index (χ0n) is 15.1. The average molecular weight is 493 g/mol. The van der Waals surface area contributed by atoms with Gasteiger partial charge in [0.15, 0.2) is 7.14 Å². The van der Waals surface area contributed by atoms with Crippen molar-refractivity contribution in [3.05, 3.63) is 88.0 Å². The highest BCUT2D eigenvalue weighted by molar-refractivity contribution is 9.11. The molecule has 0 aliphatic carbocycles. The quantitative estimate of drug-likeness (QED) is 0.237. The van der Waals surface area contributed by atoms with Crippen molar-refractivity contribution in [2.45, 2.75) is 0 Å². The second-order valence-electron chi connectivity index (χ2n) is 7.03. The molecule has 5 aromatic rings. The molecular formula is C24H14BrOPS2. The molecule has 1 atom stereocenters. The Bertz CT molecular complexity index is 1430. The van der Waals surface area contributed by atoms with E-state index in [0.29, 0.717) is 0 Å². The maximum Gasteiger partial charge on any atom is 0.174 e. The number of benzene rings is 3. The van der Waals surface area contributed by atoms with Crippen LogP contribution < -0.4 is 15.9 Å². The molecule has 3 aromatic carbocycles. The SMILES string of the molecule is O=P1(c2ccccc2)c2c(Br)sc(-c3cccs3)c2-c2cccc3cccc1c23. The van der Waals surface area contributed by atoms with Gasteiger partial charge in [0, 0.05) is 26.4 Å². The van der Waals surface area contributed by atoms with E-state index in [1.165, 1.54) is 15.3 Å². The normalized spacial score (nSPS) is 17.4. The first kappa shape index (κ1) is 17.9. The van der Waals surface area contributed by atoms with Crippen molar-refractivity contribution in [1.29, 1.82) is 0 Å². The molecule has 3 heterocycles. The van der Waals surface area contributed by atoms with E-state index >= 15 is 4.57 Å². The summed E-state index contributed by atoms with van der Waals surface area (Å²) in [6, 6.07) is 26.8. The number of thiophene rings is 2. The summed E-state index contributed by atoms with van der Waals surface area (Å²) >= 11 is 7.24. The van der Waals surface area contributed by atoms with Gasteiger partial charge in [0.2, 0.25) is 0 Å². The van der Waals surface area contributed by atoms with Crippen LogP contribution in [0.15, 0.2) is 88.0 Å². The summed E-state index contributed by atoms with van der Waals surface area (Å²) in [5, 5.41) is 7.14. The Kier molecular flexibility index (Phi) is 4.01. The molecule has 1 nitrogen and oxygen atoms in total. The standard InChI is InChI=1S/C24H14BrOPS2/c25-24-22-21(23(29-24)19-13-6-14-28-19)17-11-4-7-15-8-5-12-18(20(15)17)27(22,26)16-9-2-1-3-10-16/h1-14H. The van der Waals surface area contributed by atoms with Gasteiger partial charge in [0.05, 0.1) is 14.0 Å². The predicted octanol–water partition coefficient (Wildman–Crippen LogP) is 7.01. The number of halogens is 1. The largest absolute Gasteiger partial charge is 0.309 e. The first-order valence-corrected chi connectivity index (χ1v) is 13.4. The Morgan fingerprint density at radius 2 is 1.62 bits per heavy atom. The van der Waals surface area contributed by atoms with Crippen LogP contribution in [0.5, 0.6) is 0 Å². The third-order valence-corrected chi connectivity index (χ3v) is 12.0. The first-order chi connectivity index (χ1) is 14.2. The van der Waals surface area contributed by atoms with Crippen molar-refractivity contribution in [1.82, 2.24) is 0 Å². The van der Waals surface area contributed by atoms with Crippen LogP contribution >= 0.6 is 45.7 Å². The van der Waals surface area contributed by atoms with E-state index in [-0.39, 0.29) is 0 Å². The van der Waals surface area contributed by atoms with Crippen LogP contribution in [-0.2, 0) is 4.57 Å². The van der Waals surface area contributed by atoms with Crippen molar-refractivity contribution >= 4 is 72.4 Å². The lowest BCUT2D eigenvalue weighted by Gasteiger charge is -2.28. The fourth-order valence-electron chi connectivity index (χ4n) is 4.33. The highest BCUT2D eigenvalue weighted by atomic mass is 79.9. The summed E-state index contributed by atoms with van der Waals surface area (Å²) < 4.78 is 16.0. The fourth-order valence-corrected chi connectivity index (χ4v) is 11.2. The van der Waals surface area contributed by atoms with Crippen molar-refractivity contribution in [2.24, 2.45) is 0 Å². The van der Waals surface area contributed by atoms with Crippen molar-refractivity contribution in [3.8, 4) is 20.9 Å². The molecular weight excluding hydrogens is 479 g/mol. The predicted molar refractivity (Wildman–Crippen MR) is 131 cm³/mol. The molecule has 2 aromatic heterocycles. The molecule has 0 N–H and O–H groups in total. The number of fused-ring (bicyclic) bond motifs is 2. The highest BCUT2D eigenvalue weighted by Crippen LogP contribution is 2.58. The number of hydrogen-bond donors (Lipinski definition) is 0. The number of rotatable bonds is 2. The molecule has 0 radical (unpaired) electrons. The Labute approximate surface area is 185 Å². The molecule has 140 valence electrons. The molecule has 5 heteroatoms. The summed E-state index contributed by atoms with van der Waals surface area (Å²) in [6.45, 7) is 0. The smallest absolute Gasteiger partial charge is 0.174 e.